The normalized spacial score (nSPS) is 9.92. The van der Waals surface area contributed by atoms with Gasteiger partial charge in [-0.3, -0.25) is 0 Å². The molecule has 1 heteroatoms. The number of hydrogen-bond donors (Lipinski definition) is 1. The molecule has 0 radical (unpaired) electrons. The zero-order valence-corrected chi connectivity index (χ0v) is 8.15. The number of hydrogen-bond acceptors (Lipinski definition) is 1. The highest BCUT2D eigenvalue weighted by Crippen LogP contribution is 2.16. The van der Waals surface area contributed by atoms with Crippen molar-refractivity contribution in [3.63, 3.8) is 0 Å². The Morgan fingerprint density at radius 3 is 2.25 bits per heavy atom. The van der Waals surface area contributed by atoms with Crippen molar-refractivity contribution in [3.8, 4) is 0 Å². The van der Waals surface area contributed by atoms with Crippen LogP contribution in [0.1, 0.15) is 25.0 Å². The molecule has 1 N–H and O–H groups in total. The van der Waals surface area contributed by atoms with Crippen LogP contribution in [0, 0.1) is 0 Å². The van der Waals surface area contributed by atoms with Crippen molar-refractivity contribution >= 4 is 5.69 Å². The quantitative estimate of drug-likeness (QED) is 0.722. The summed E-state index contributed by atoms with van der Waals surface area (Å²) in [5.74, 6) is 0. The van der Waals surface area contributed by atoms with Crippen molar-refractivity contribution in [2.45, 2.75) is 26.7 Å². The summed E-state index contributed by atoms with van der Waals surface area (Å²) in [6.45, 7) is 4.40. The second kappa shape index (κ2) is 4.15. The Bertz CT molecular complexity index is 253. The fraction of sp³-hybridized carbons (Fsp3) is 0.455. The molecule has 66 valence electrons. The van der Waals surface area contributed by atoms with Crippen molar-refractivity contribution in [3.05, 3.63) is 29.3 Å². The third kappa shape index (κ3) is 1.79. The van der Waals surface area contributed by atoms with Gasteiger partial charge in [-0.1, -0.05) is 19.9 Å². The van der Waals surface area contributed by atoms with Gasteiger partial charge in [0.2, 0.25) is 0 Å². The molecule has 0 unspecified atom stereocenters. The van der Waals surface area contributed by atoms with Gasteiger partial charge >= 0.3 is 0 Å². The van der Waals surface area contributed by atoms with Crippen LogP contribution in [0.2, 0.25) is 0 Å². The second-order valence-electron chi connectivity index (χ2n) is 2.94. The zero-order chi connectivity index (χ0) is 8.97. The lowest BCUT2D eigenvalue weighted by Gasteiger charge is -2.07. The summed E-state index contributed by atoms with van der Waals surface area (Å²) >= 11 is 0. The average molecular weight is 163 g/mol. The SMILES string of the molecule is CCc1ccc(NC)cc1CC. The largest absolute Gasteiger partial charge is 0.388 e. The number of aryl methyl sites for hydroxylation is 2. The zero-order valence-electron chi connectivity index (χ0n) is 8.15. The van der Waals surface area contributed by atoms with Crippen LogP contribution in [0.3, 0.4) is 0 Å². The van der Waals surface area contributed by atoms with Crippen LogP contribution >= 0.6 is 0 Å². The minimum absolute atomic E-state index is 1.12. The van der Waals surface area contributed by atoms with Gasteiger partial charge in [-0.05, 0) is 36.1 Å². The summed E-state index contributed by atoms with van der Waals surface area (Å²) in [5, 5.41) is 3.15. The molecule has 1 aromatic rings. The van der Waals surface area contributed by atoms with E-state index < -0.39 is 0 Å². The summed E-state index contributed by atoms with van der Waals surface area (Å²) in [6, 6.07) is 6.58. The maximum absolute atomic E-state index is 3.15. The molecule has 0 atom stereocenters. The van der Waals surface area contributed by atoms with Crippen molar-refractivity contribution in [2.24, 2.45) is 0 Å². The van der Waals surface area contributed by atoms with Crippen molar-refractivity contribution < 1.29 is 0 Å². The van der Waals surface area contributed by atoms with Gasteiger partial charge in [-0.25, -0.2) is 0 Å². The van der Waals surface area contributed by atoms with E-state index in [1.807, 2.05) is 7.05 Å². The van der Waals surface area contributed by atoms with Crippen molar-refractivity contribution in [1.29, 1.82) is 0 Å². The van der Waals surface area contributed by atoms with E-state index in [9.17, 15) is 0 Å². The van der Waals surface area contributed by atoms with Crippen molar-refractivity contribution in [1.82, 2.24) is 0 Å². The molecule has 1 nitrogen and oxygen atoms in total. The molecule has 0 spiro atoms. The van der Waals surface area contributed by atoms with Crippen LogP contribution in [0.4, 0.5) is 5.69 Å². The minimum Gasteiger partial charge on any atom is -0.388 e. The molecule has 0 heterocycles. The molecule has 12 heavy (non-hydrogen) atoms. The molecule has 0 aliphatic carbocycles. The van der Waals surface area contributed by atoms with Gasteiger partial charge in [-0.15, -0.1) is 0 Å². The predicted molar refractivity (Wildman–Crippen MR) is 54.7 cm³/mol. The standard InChI is InChI=1S/C11H17N/c1-4-9-6-7-11(12-3)8-10(9)5-2/h6-8,12H,4-5H2,1-3H3. The lowest BCUT2D eigenvalue weighted by atomic mass is 10.0. The number of benzene rings is 1. The molecule has 1 rings (SSSR count). The molecule has 0 bridgehead atoms. The second-order valence-corrected chi connectivity index (χ2v) is 2.94. The average Bonchev–Trinajstić information content (AvgIpc) is 2.16. The van der Waals surface area contributed by atoms with E-state index in [1.54, 1.807) is 0 Å². The van der Waals surface area contributed by atoms with Gasteiger partial charge < -0.3 is 5.32 Å². The smallest absolute Gasteiger partial charge is 0.0340 e. The lowest BCUT2D eigenvalue weighted by Crippen LogP contribution is -1.94. The summed E-state index contributed by atoms with van der Waals surface area (Å²) in [4.78, 5) is 0. The van der Waals surface area contributed by atoms with Crippen LogP contribution < -0.4 is 5.32 Å². The fourth-order valence-electron chi connectivity index (χ4n) is 1.46. The number of rotatable bonds is 3. The highest BCUT2D eigenvalue weighted by molar-refractivity contribution is 5.48. The Morgan fingerprint density at radius 1 is 1.08 bits per heavy atom. The Hall–Kier alpha value is -0.980. The van der Waals surface area contributed by atoms with E-state index in [4.69, 9.17) is 0 Å². The van der Waals surface area contributed by atoms with E-state index in [2.05, 4.69) is 37.4 Å². The molecule has 0 aromatic heterocycles. The first-order chi connectivity index (χ1) is 5.81. The van der Waals surface area contributed by atoms with Gasteiger partial charge in [0.1, 0.15) is 0 Å². The molecule has 0 aliphatic rings. The molecule has 0 fully saturated rings. The van der Waals surface area contributed by atoms with Gasteiger partial charge in [0.05, 0.1) is 0 Å². The molecule has 0 saturated carbocycles. The Labute approximate surface area is 74.8 Å². The molecular weight excluding hydrogens is 146 g/mol. The van der Waals surface area contributed by atoms with Gasteiger partial charge in [0.15, 0.2) is 0 Å². The van der Waals surface area contributed by atoms with E-state index in [0.717, 1.165) is 12.8 Å². The maximum Gasteiger partial charge on any atom is 0.0340 e. The Balaban J connectivity index is 3.02. The first-order valence-electron chi connectivity index (χ1n) is 4.61. The topological polar surface area (TPSA) is 12.0 Å². The molecule has 0 aliphatic heterocycles. The van der Waals surface area contributed by atoms with Crippen LogP contribution in [0.5, 0.6) is 0 Å². The summed E-state index contributed by atoms with van der Waals surface area (Å²) < 4.78 is 0. The highest BCUT2D eigenvalue weighted by atomic mass is 14.8. The van der Waals surface area contributed by atoms with E-state index in [1.165, 1.54) is 16.8 Å². The van der Waals surface area contributed by atoms with E-state index in [0.29, 0.717) is 0 Å². The first-order valence-corrected chi connectivity index (χ1v) is 4.61. The molecule has 1 aromatic carbocycles. The fourth-order valence-corrected chi connectivity index (χ4v) is 1.46. The van der Waals surface area contributed by atoms with Crippen LogP contribution in [-0.4, -0.2) is 7.05 Å². The van der Waals surface area contributed by atoms with Gasteiger partial charge in [0, 0.05) is 12.7 Å². The number of nitrogens with one attached hydrogen (secondary N) is 1. The third-order valence-corrected chi connectivity index (χ3v) is 2.26. The van der Waals surface area contributed by atoms with Crippen LogP contribution in [0.25, 0.3) is 0 Å². The van der Waals surface area contributed by atoms with E-state index >= 15 is 0 Å². The maximum atomic E-state index is 3.15. The summed E-state index contributed by atoms with van der Waals surface area (Å²) in [7, 11) is 1.96. The van der Waals surface area contributed by atoms with Gasteiger partial charge in [0.25, 0.3) is 0 Å². The Kier molecular flexibility index (Phi) is 3.15. The Morgan fingerprint density at radius 2 is 1.75 bits per heavy atom. The summed E-state index contributed by atoms with van der Waals surface area (Å²) in [5.41, 5.74) is 4.14. The highest BCUT2D eigenvalue weighted by Gasteiger charge is 1.98. The lowest BCUT2D eigenvalue weighted by molar-refractivity contribution is 1.04. The summed E-state index contributed by atoms with van der Waals surface area (Å²) in [6.07, 6.45) is 2.26. The van der Waals surface area contributed by atoms with Gasteiger partial charge in [-0.2, -0.15) is 0 Å². The monoisotopic (exact) mass is 163 g/mol. The predicted octanol–water partition coefficient (Wildman–Crippen LogP) is 2.85. The molecular formula is C11H17N. The van der Waals surface area contributed by atoms with Crippen LogP contribution in [-0.2, 0) is 12.8 Å². The third-order valence-electron chi connectivity index (χ3n) is 2.26. The number of anilines is 1. The first kappa shape index (κ1) is 9.11. The van der Waals surface area contributed by atoms with E-state index in [-0.39, 0.29) is 0 Å². The van der Waals surface area contributed by atoms with Crippen molar-refractivity contribution in [2.75, 3.05) is 12.4 Å². The molecule has 0 saturated heterocycles. The minimum atomic E-state index is 1.12. The molecule has 0 amide bonds. The van der Waals surface area contributed by atoms with Crippen LogP contribution in [0.15, 0.2) is 18.2 Å².